The second-order valence-corrected chi connectivity index (χ2v) is 11.2. The quantitative estimate of drug-likeness (QED) is 0.219. The van der Waals surface area contributed by atoms with Gasteiger partial charge < -0.3 is 4.98 Å². The van der Waals surface area contributed by atoms with Crippen molar-refractivity contribution >= 4 is 54.1 Å². The molecule has 2 heterocycles. The van der Waals surface area contributed by atoms with Crippen LogP contribution in [0.25, 0.3) is 87.6 Å². The molecule has 0 aliphatic heterocycles. The molecule has 2 heteroatoms. The van der Waals surface area contributed by atoms with E-state index in [4.69, 9.17) is 4.98 Å². The van der Waals surface area contributed by atoms with Crippen LogP contribution in [-0.2, 0) is 0 Å². The highest BCUT2D eigenvalue weighted by atomic mass is 14.7. The van der Waals surface area contributed by atoms with Gasteiger partial charge in [-0.05, 0) is 61.1 Å². The predicted octanol–water partition coefficient (Wildman–Crippen LogP) is 11.2. The second-order valence-electron chi connectivity index (χ2n) is 11.2. The number of para-hydroxylation sites is 2. The van der Waals surface area contributed by atoms with E-state index in [1.807, 2.05) is 12.3 Å². The highest BCUT2D eigenvalue weighted by Crippen LogP contribution is 2.44. The number of pyridine rings is 1. The van der Waals surface area contributed by atoms with Gasteiger partial charge in [0.05, 0.1) is 11.2 Å². The van der Waals surface area contributed by atoms with E-state index in [9.17, 15) is 0 Å². The zero-order valence-corrected chi connectivity index (χ0v) is 23.4. The molecule has 2 nitrogen and oxygen atoms in total. The summed E-state index contributed by atoms with van der Waals surface area (Å²) in [7, 11) is 0. The third-order valence-corrected chi connectivity index (χ3v) is 8.88. The van der Waals surface area contributed by atoms with Crippen LogP contribution in [0.1, 0.15) is 0 Å². The number of nitrogens with one attached hydrogen (secondary N) is 1. The Morgan fingerprint density at radius 3 is 1.58 bits per heavy atom. The number of rotatable bonds is 3. The number of benzene rings is 7. The van der Waals surface area contributed by atoms with Gasteiger partial charge in [0.15, 0.2) is 0 Å². The van der Waals surface area contributed by atoms with E-state index in [0.29, 0.717) is 0 Å². The Hall–Kier alpha value is -5.73. The van der Waals surface area contributed by atoms with E-state index in [2.05, 4.69) is 145 Å². The maximum Gasteiger partial charge on any atom is 0.0801 e. The molecule has 0 bridgehead atoms. The van der Waals surface area contributed by atoms with Crippen molar-refractivity contribution in [1.82, 2.24) is 9.97 Å². The molecule has 0 saturated heterocycles. The molecule has 7 aromatic carbocycles. The van der Waals surface area contributed by atoms with Crippen LogP contribution < -0.4 is 0 Å². The summed E-state index contributed by atoms with van der Waals surface area (Å²) in [5.74, 6) is 0. The monoisotopic (exact) mass is 546 g/mol. The van der Waals surface area contributed by atoms with Gasteiger partial charge in [0.25, 0.3) is 0 Å². The van der Waals surface area contributed by atoms with Crippen molar-refractivity contribution in [3.8, 4) is 33.5 Å². The van der Waals surface area contributed by atoms with Crippen molar-refractivity contribution in [3.05, 3.63) is 152 Å². The van der Waals surface area contributed by atoms with Gasteiger partial charge in [-0.15, -0.1) is 0 Å². The molecule has 0 spiro atoms. The van der Waals surface area contributed by atoms with Gasteiger partial charge in [0.1, 0.15) is 0 Å². The first kappa shape index (κ1) is 23.9. The number of nitrogens with zero attached hydrogens (tertiary/aromatic N) is 1. The third kappa shape index (κ3) is 3.57. The first-order chi connectivity index (χ1) is 21.4. The van der Waals surface area contributed by atoms with Crippen molar-refractivity contribution in [2.75, 3.05) is 0 Å². The minimum Gasteiger partial charge on any atom is -0.354 e. The Balaban J connectivity index is 1.35. The summed E-state index contributed by atoms with van der Waals surface area (Å²) in [6.07, 6.45) is 1.90. The van der Waals surface area contributed by atoms with E-state index in [0.717, 1.165) is 27.9 Å². The number of H-pyrrole nitrogens is 1. The Labute approximate surface area is 248 Å². The standard InChI is InChI=1S/C41H26N2/c1-2-13-28-26(12-1)27-14-5-6-18-32(27)39-33(28)19-9-20-34(39)29-15-3-4-16-30(29)35-23-11-25-42-40(35)37-22-10-21-36-31-17-7-8-24-38(31)43-41(36)37/h1-25,43H. The first-order valence-electron chi connectivity index (χ1n) is 14.7. The van der Waals surface area contributed by atoms with Gasteiger partial charge in [-0.3, -0.25) is 4.98 Å². The average Bonchev–Trinajstić information content (AvgIpc) is 3.47. The third-order valence-electron chi connectivity index (χ3n) is 8.88. The molecule has 9 aromatic rings. The molecule has 0 saturated carbocycles. The van der Waals surface area contributed by atoms with Crippen LogP contribution in [0.2, 0.25) is 0 Å². The van der Waals surface area contributed by atoms with E-state index in [1.54, 1.807) is 0 Å². The molecule has 0 aliphatic carbocycles. The van der Waals surface area contributed by atoms with Crippen LogP contribution in [0.5, 0.6) is 0 Å². The summed E-state index contributed by atoms with van der Waals surface area (Å²) in [4.78, 5) is 8.70. The molecule has 200 valence electrons. The number of fused-ring (bicyclic) bond motifs is 9. The van der Waals surface area contributed by atoms with Crippen LogP contribution >= 0.6 is 0 Å². The maximum absolute atomic E-state index is 5.01. The zero-order chi connectivity index (χ0) is 28.3. The SMILES string of the molecule is c1ccc(-c2cccc3c4ccccc4c4ccccc4c23)c(-c2cccnc2-c2cccc3c2[nH]c2ccccc23)c1. The lowest BCUT2D eigenvalue weighted by atomic mass is 9.86. The van der Waals surface area contributed by atoms with Crippen molar-refractivity contribution in [2.45, 2.75) is 0 Å². The molecule has 0 amide bonds. The molecule has 1 N–H and O–H groups in total. The average molecular weight is 547 g/mol. The maximum atomic E-state index is 5.01. The number of aromatic amines is 1. The zero-order valence-electron chi connectivity index (χ0n) is 23.4. The van der Waals surface area contributed by atoms with E-state index < -0.39 is 0 Å². The topological polar surface area (TPSA) is 28.7 Å². The number of hydrogen-bond donors (Lipinski definition) is 1. The summed E-state index contributed by atoms with van der Waals surface area (Å²) >= 11 is 0. The van der Waals surface area contributed by atoms with Crippen LogP contribution in [0, 0.1) is 0 Å². The molecule has 0 aliphatic rings. The lowest BCUT2D eigenvalue weighted by Crippen LogP contribution is -1.93. The Kier molecular flexibility index (Phi) is 5.23. The molecule has 0 radical (unpaired) electrons. The van der Waals surface area contributed by atoms with Crippen LogP contribution in [-0.4, -0.2) is 9.97 Å². The lowest BCUT2D eigenvalue weighted by molar-refractivity contribution is 1.33. The minimum atomic E-state index is 0.975. The van der Waals surface area contributed by atoms with Gasteiger partial charge in [-0.2, -0.15) is 0 Å². The fourth-order valence-electron chi connectivity index (χ4n) is 7.04. The second kappa shape index (κ2) is 9.40. The summed E-state index contributed by atoms with van der Waals surface area (Å²) in [6, 6.07) is 52.4. The smallest absolute Gasteiger partial charge is 0.0801 e. The van der Waals surface area contributed by atoms with Crippen molar-refractivity contribution in [2.24, 2.45) is 0 Å². The predicted molar refractivity (Wildman–Crippen MR) is 182 cm³/mol. The fraction of sp³-hybridized carbons (Fsp3) is 0. The summed E-state index contributed by atoms with van der Waals surface area (Å²) < 4.78 is 0. The molecule has 0 atom stereocenters. The van der Waals surface area contributed by atoms with Crippen LogP contribution in [0.3, 0.4) is 0 Å². The molecule has 9 rings (SSSR count). The van der Waals surface area contributed by atoms with Crippen LogP contribution in [0.4, 0.5) is 0 Å². The van der Waals surface area contributed by atoms with E-state index in [1.165, 1.54) is 59.8 Å². The van der Waals surface area contributed by atoms with Gasteiger partial charge in [-0.1, -0.05) is 133 Å². The highest BCUT2D eigenvalue weighted by Gasteiger charge is 2.19. The van der Waals surface area contributed by atoms with E-state index in [-0.39, 0.29) is 0 Å². The van der Waals surface area contributed by atoms with Crippen molar-refractivity contribution < 1.29 is 0 Å². The number of aromatic nitrogens is 2. The molecule has 0 unspecified atom stereocenters. The Morgan fingerprint density at radius 2 is 0.837 bits per heavy atom. The molecule has 43 heavy (non-hydrogen) atoms. The first-order valence-corrected chi connectivity index (χ1v) is 14.7. The lowest BCUT2D eigenvalue weighted by Gasteiger charge is -2.18. The molecular weight excluding hydrogens is 520 g/mol. The normalized spacial score (nSPS) is 11.7. The Bertz CT molecular complexity index is 2470. The molecule has 2 aromatic heterocycles. The summed E-state index contributed by atoms with van der Waals surface area (Å²) in [5, 5.41) is 10.1. The van der Waals surface area contributed by atoms with Gasteiger partial charge in [0, 0.05) is 33.6 Å². The summed E-state index contributed by atoms with van der Waals surface area (Å²) in [6.45, 7) is 0. The fourth-order valence-corrected chi connectivity index (χ4v) is 7.04. The van der Waals surface area contributed by atoms with Crippen molar-refractivity contribution in [1.29, 1.82) is 0 Å². The van der Waals surface area contributed by atoms with Gasteiger partial charge >= 0.3 is 0 Å². The molecular formula is C41H26N2. The highest BCUT2D eigenvalue weighted by molar-refractivity contribution is 6.28. The minimum absolute atomic E-state index is 0.975. The Morgan fingerprint density at radius 1 is 0.349 bits per heavy atom. The summed E-state index contributed by atoms with van der Waals surface area (Å²) in [5.41, 5.74) is 9.05. The van der Waals surface area contributed by atoms with Gasteiger partial charge in [-0.25, -0.2) is 0 Å². The van der Waals surface area contributed by atoms with Gasteiger partial charge in [0.2, 0.25) is 0 Å². The molecule has 0 fully saturated rings. The largest absolute Gasteiger partial charge is 0.354 e. The van der Waals surface area contributed by atoms with E-state index >= 15 is 0 Å². The van der Waals surface area contributed by atoms with Crippen molar-refractivity contribution in [3.63, 3.8) is 0 Å². The number of hydrogen-bond acceptors (Lipinski definition) is 1. The van der Waals surface area contributed by atoms with Crippen LogP contribution in [0.15, 0.2) is 152 Å².